The molecular formula is C33H36ClN3O4S. The fourth-order valence-electron chi connectivity index (χ4n) is 4.81. The first-order valence-corrected chi connectivity index (χ1v) is 16.1. The molecule has 0 aliphatic heterocycles. The second kappa shape index (κ2) is 13.9. The number of amides is 2. The Bertz CT molecular complexity index is 1640. The molecule has 0 heterocycles. The van der Waals surface area contributed by atoms with Gasteiger partial charge in [-0.3, -0.25) is 13.9 Å². The summed E-state index contributed by atoms with van der Waals surface area (Å²) in [6.45, 7) is 3.96. The Morgan fingerprint density at radius 2 is 1.50 bits per heavy atom. The topological polar surface area (TPSA) is 86.8 Å². The van der Waals surface area contributed by atoms with E-state index in [4.69, 9.17) is 11.6 Å². The van der Waals surface area contributed by atoms with Gasteiger partial charge in [0.25, 0.3) is 0 Å². The van der Waals surface area contributed by atoms with E-state index in [0.717, 1.165) is 21.5 Å². The molecule has 7 nitrogen and oxygen atoms in total. The summed E-state index contributed by atoms with van der Waals surface area (Å²) >= 11 is 6.51. The second-order valence-electron chi connectivity index (χ2n) is 10.7. The minimum absolute atomic E-state index is 0.0260. The fraction of sp³-hybridized carbons (Fsp3) is 0.273. The van der Waals surface area contributed by atoms with Crippen LogP contribution in [-0.4, -0.2) is 50.5 Å². The molecule has 1 atom stereocenters. The molecule has 42 heavy (non-hydrogen) atoms. The third-order valence-corrected chi connectivity index (χ3v) is 8.46. The van der Waals surface area contributed by atoms with Crippen LogP contribution in [0.4, 0.5) is 5.69 Å². The first-order chi connectivity index (χ1) is 20.0. The van der Waals surface area contributed by atoms with Gasteiger partial charge in [-0.25, -0.2) is 8.42 Å². The highest BCUT2D eigenvalue weighted by atomic mass is 35.5. The SMILES string of the molecule is CC(C)CNC(=O)C(Cc1ccccc1)N(Cc1ccccc1Cl)C(=O)CN(c1cccc2ccccc12)S(C)(=O)=O. The van der Waals surface area contributed by atoms with E-state index < -0.39 is 28.5 Å². The first-order valence-electron chi connectivity index (χ1n) is 13.8. The summed E-state index contributed by atoms with van der Waals surface area (Å²) < 4.78 is 27.5. The van der Waals surface area contributed by atoms with Gasteiger partial charge in [-0.1, -0.05) is 110 Å². The number of anilines is 1. The van der Waals surface area contributed by atoms with Crippen molar-refractivity contribution in [3.05, 3.63) is 113 Å². The van der Waals surface area contributed by atoms with E-state index in [2.05, 4.69) is 5.32 Å². The maximum absolute atomic E-state index is 14.3. The molecule has 0 saturated heterocycles. The smallest absolute Gasteiger partial charge is 0.244 e. The average molecular weight is 606 g/mol. The number of hydrogen-bond acceptors (Lipinski definition) is 4. The van der Waals surface area contributed by atoms with E-state index in [1.165, 1.54) is 4.90 Å². The maximum atomic E-state index is 14.3. The van der Waals surface area contributed by atoms with Gasteiger partial charge in [0, 0.05) is 29.9 Å². The van der Waals surface area contributed by atoms with Crippen LogP contribution in [0, 0.1) is 5.92 Å². The van der Waals surface area contributed by atoms with Gasteiger partial charge in [0.2, 0.25) is 21.8 Å². The molecule has 0 fully saturated rings. The lowest BCUT2D eigenvalue weighted by molar-refractivity contribution is -0.140. The van der Waals surface area contributed by atoms with E-state index in [1.807, 2.05) is 80.6 Å². The average Bonchev–Trinajstić information content (AvgIpc) is 2.97. The minimum atomic E-state index is -3.89. The summed E-state index contributed by atoms with van der Waals surface area (Å²) in [5.74, 6) is -0.635. The van der Waals surface area contributed by atoms with Crippen molar-refractivity contribution >= 4 is 49.9 Å². The van der Waals surface area contributed by atoms with Crippen LogP contribution in [0.25, 0.3) is 10.8 Å². The number of benzene rings is 4. The van der Waals surface area contributed by atoms with Gasteiger partial charge in [0.1, 0.15) is 12.6 Å². The number of nitrogens with zero attached hydrogens (tertiary/aromatic N) is 2. The summed E-state index contributed by atoms with van der Waals surface area (Å²) in [4.78, 5) is 29.5. The van der Waals surface area contributed by atoms with Gasteiger partial charge in [-0.05, 0) is 34.6 Å². The second-order valence-corrected chi connectivity index (χ2v) is 13.0. The largest absolute Gasteiger partial charge is 0.354 e. The molecule has 0 radical (unpaired) electrons. The normalized spacial score (nSPS) is 12.2. The van der Waals surface area contributed by atoms with Crippen molar-refractivity contribution in [3.8, 4) is 0 Å². The van der Waals surface area contributed by atoms with Crippen LogP contribution in [0.5, 0.6) is 0 Å². The molecule has 0 spiro atoms. The lowest BCUT2D eigenvalue weighted by Crippen LogP contribution is -2.53. The highest BCUT2D eigenvalue weighted by Gasteiger charge is 2.33. The Labute approximate surface area is 253 Å². The van der Waals surface area contributed by atoms with Gasteiger partial charge >= 0.3 is 0 Å². The molecule has 4 aromatic carbocycles. The van der Waals surface area contributed by atoms with Crippen LogP contribution in [-0.2, 0) is 32.6 Å². The zero-order valence-corrected chi connectivity index (χ0v) is 25.6. The number of carbonyl (C=O) groups is 2. The molecule has 220 valence electrons. The monoisotopic (exact) mass is 605 g/mol. The van der Waals surface area contributed by atoms with Gasteiger partial charge in [-0.2, -0.15) is 0 Å². The molecule has 4 rings (SSSR count). The predicted molar refractivity (Wildman–Crippen MR) is 170 cm³/mol. The molecule has 1 unspecified atom stereocenters. The fourth-order valence-corrected chi connectivity index (χ4v) is 5.86. The molecule has 0 saturated carbocycles. The molecule has 0 aliphatic rings. The molecule has 1 N–H and O–H groups in total. The highest BCUT2D eigenvalue weighted by molar-refractivity contribution is 7.92. The van der Waals surface area contributed by atoms with Crippen molar-refractivity contribution < 1.29 is 18.0 Å². The molecule has 0 bridgehead atoms. The molecule has 2 amide bonds. The number of hydrogen-bond donors (Lipinski definition) is 1. The van der Waals surface area contributed by atoms with Crippen molar-refractivity contribution in [3.63, 3.8) is 0 Å². The molecule has 9 heteroatoms. The van der Waals surface area contributed by atoms with E-state index >= 15 is 0 Å². The van der Waals surface area contributed by atoms with Crippen molar-refractivity contribution in [1.29, 1.82) is 0 Å². The Balaban J connectivity index is 1.78. The van der Waals surface area contributed by atoms with Crippen molar-refractivity contribution in [1.82, 2.24) is 10.2 Å². The van der Waals surface area contributed by atoms with Crippen LogP contribution in [0.2, 0.25) is 5.02 Å². The van der Waals surface area contributed by atoms with Crippen LogP contribution in [0.3, 0.4) is 0 Å². The van der Waals surface area contributed by atoms with Crippen molar-refractivity contribution in [2.75, 3.05) is 23.7 Å². The third kappa shape index (κ3) is 7.89. The Morgan fingerprint density at radius 3 is 2.19 bits per heavy atom. The van der Waals surface area contributed by atoms with Gasteiger partial charge < -0.3 is 10.2 Å². The van der Waals surface area contributed by atoms with Crippen LogP contribution in [0.15, 0.2) is 97.1 Å². The zero-order valence-electron chi connectivity index (χ0n) is 24.0. The standard InChI is InChI=1S/C33H36ClN3O4S/c1-24(2)21-35-33(39)31(20-25-12-5-4-6-13-25)36(22-27-15-8-10-18-29(27)34)32(38)23-37(42(3,40)41)30-19-11-16-26-14-7-9-17-28(26)30/h4-19,24,31H,20-23H2,1-3H3,(H,35,39). The van der Waals surface area contributed by atoms with Crippen molar-refractivity contribution in [2.24, 2.45) is 5.92 Å². The number of nitrogens with one attached hydrogen (secondary N) is 1. The molecule has 0 aliphatic carbocycles. The number of carbonyl (C=O) groups excluding carboxylic acids is 2. The maximum Gasteiger partial charge on any atom is 0.244 e. The van der Waals surface area contributed by atoms with Gasteiger partial charge in [0.05, 0.1) is 11.9 Å². The zero-order chi connectivity index (χ0) is 30.3. The predicted octanol–water partition coefficient (Wildman–Crippen LogP) is 5.67. The number of halogens is 1. The highest BCUT2D eigenvalue weighted by Crippen LogP contribution is 2.29. The summed E-state index contributed by atoms with van der Waals surface area (Å²) in [5.41, 5.74) is 1.91. The molecular weight excluding hydrogens is 570 g/mol. The summed E-state index contributed by atoms with van der Waals surface area (Å²) in [6.07, 6.45) is 1.32. The summed E-state index contributed by atoms with van der Waals surface area (Å²) in [7, 11) is -3.89. The lowest BCUT2D eigenvalue weighted by Gasteiger charge is -2.34. The number of fused-ring (bicyclic) bond motifs is 1. The quantitative estimate of drug-likeness (QED) is 0.225. The minimum Gasteiger partial charge on any atom is -0.354 e. The van der Waals surface area contributed by atoms with Gasteiger partial charge in [0.15, 0.2) is 0 Å². The third-order valence-electron chi connectivity index (χ3n) is 6.97. The van der Waals surface area contributed by atoms with Gasteiger partial charge in [-0.15, -0.1) is 0 Å². The Hall–Kier alpha value is -3.88. The van der Waals surface area contributed by atoms with E-state index in [-0.39, 0.29) is 24.8 Å². The van der Waals surface area contributed by atoms with Crippen LogP contribution >= 0.6 is 11.6 Å². The number of rotatable bonds is 12. The molecule has 0 aromatic heterocycles. The number of sulfonamides is 1. The summed E-state index contributed by atoms with van der Waals surface area (Å²) in [5, 5.41) is 4.98. The van der Waals surface area contributed by atoms with E-state index in [0.29, 0.717) is 28.2 Å². The van der Waals surface area contributed by atoms with Crippen LogP contribution in [0.1, 0.15) is 25.0 Å². The van der Waals surface area contributed by atoms with E-state index in [1.54, 1.807) is 30.3 Å². The lowest BCUT2D eigenvalue weighted by atomic mass is 10.0. The Morgan fingerprint density at radius 1 is 0.857 bits per heavy atom. The summed E-state index contributed by atoms with van der Waals surface area (Å²) in [6, 6.07) is 28.4. The first kappa shape index (κ1) is 31.1. The van der Waals surface area contributed by atoms with E-state index in [9.17, 15) is 18.0 Å². The van der Waals surface area contributed by atoms with Crippen molar-refractivity contribution in [2.45, 2.75) is 32.9 Å². The molecule has 4 aromatic rings. The Kier molecular flexibility index (Phi) is 10.2. The van der Waals surface area contributed by atoms with Crippen LogP contribution < -0.4 is 9.62 Å².